The molecule has 0 fully saturated rings. The van der Waals surface area contributed by atoms with Gasteiger partial charge < -0.3 is 20.3 Å². The van der Waals surface area contributed by atoms with Crippen molar-refractivity contribution in [2.24, 2.45) is 4.99 Å². The molecular weight excluding hydrogens is 443 g/mol. The fourth-order valence-corrected chi connectivity index (χ4v) is 4.04. The highest BCUT2D eigenvalue weighted by Crippen LogP contribution is 2.32. The van der Waals surface area contributed by atoms with Crippen LogP contribution in [0.15, 0.2) is 71.7 Å². The van der Waals surface area contributed by atoms with E-state index < -0.39 is 0 Å². The molecule has 4 aromatic rings. The first-order valence-electron chi connectivity index (χ1n) is 11.5. The Morgan fingerprint density at radius 3 is 2.37 bits per heavy atom. The summed E-state index contributed by atoms with van der Waals surface area (Å²) in [4.78, 5) is 21.5. The summed E-state index contributed by atoms with van der Waals surface area (Å²) in [5.74, 6) is -0.469. The first-order valence-corrected chi connectivity index (χ1v) is 11.5. The Labute approximate surface area is 204 Å². The summed E-state index contributed by atoms with van der Waals surface area (Å²) in [5.41, 5.74) is 5.30. The van der Waals surface area contributed by atoms with Crippen LogP contribution in [0.2, 0.25) is 0 Å². The van der Waals surface area contributed by atoms with Gasteiger partial charge in [-0.25, -0.2) is 9.38 Å². The van der Waals surface area contributed by atoms with E-state index in [1.807, 2.05) is 62.6 Å². The Morgan fingerprint density at radius 2 is 1.71 bits per heavy atom. The second-order valence-corrected chi connectivity index (χ2v) is 8.77. The van der Waals surface area contributed by atoms with E-state index in [2.05, 4.69) is 15.2 Å². The molecule has 1 aromatic heterocycles. The van der Waals surface area contributed by atoms with E-state index in [0.29, 0.717) is 35.0 Å². The monoisotopic (exact) mass is 472 g/mol. The predicted octanol–water partition coefficient (Wildman–Crippen LogP) is 4.92. The van der Waals surface area contributed by atoms with E-state index >= 15 is 0 Å². The van der Waals surface area contributed by atoms with Gasteiger partial charge in [0.1, 0.15) is 5.82 Å². The molecule has 4 rings (SSSR count). The number of carbonyl (C=O) groups is 1. The smallest absolute Gasteiger partial charge is 0.220 e. The fourth-order valence-electron chi connectivity index (χ4n) is 4.04. The fraction of sp³-hybridized carbons (Fsp3) is 0.214. The summed E-state index contributed by atoms with van der Waals surface area (Å²) in [6, 6.07) is 20.1. The van der Waals surface area contributed by atoms with Crippen LogP contribution in [0.4, 0.5) is 10.1 Å². The number of nitrogens with zero attached hydrogens (tertiary/aromatic N) is 2. The molecule has 180 valence electrons. The minimum atomic E-state index is -0.388. The van der Waals surface area contributed by atoms with Gasteiger partial charge in [-0.2, -0.15) is 0 Å². The van der Waals surface area contributed by atoms with Crippen LogP contribution in [0.25, 0.3) is 10.9 Å². The van der Waals surface area contributed by atoms with Crippen LogP contribution in [-0.2, 0) is 17.8 Å². The number of aromatic amines is 1. The number of hydrogen-bond acceptors (Lipinski definition) is 4. The summed E-state index contributed by atoms with van der Waals surface area (Å²) in [6.45, 7) is 0.823. The molecule has 6 nitrogen and oxygen atoms in total. The highest BCUT2D eigenvalue weighted by atomic mass is 19.1. The molecular formula is C28H29FN4O2. The zero-order valence-corrected chi connectivity index (χ0v) is 20.1. The van der Waals surface area contributed by atoms with Gasteiger partial charge in [-0.05, 0) is 62.0 Å². The minimum absolute atomic E-state index is 0.00927. The molecule has 0 spiro atoms. The number of halogens is 1. The van der Waals surface area contributed by atoms with E-state index in [9.17, 15) is 14.3 Å². The number of fused-ring (bicyclic) bond motifs is 1. The van der Waals surface area contributed by atoms with Gasteiger partial charge in [0.15, 0.2) is 5.88 Å². The molecule has 7 heteroatoms. The van der Waals surface area contributed by atoms with Gasteiger partial charge in [-0.1, -0.05) is 36.4 Å². The minimum Gasteiger partial charge on any atom is -0.494 e. The SMILES string of the molecule is CNC(=O)CCc1ccc(C(=Nc2ccc(CN(C)C)cc2)c2c(O)[nH]c3cc(F)ccc23)cc1. The van der Waals surface area contributed by atoms with Crippen molar-refractivity contribution in [1.82, 2.24) is 15.2 Å². The average molecular weight is 473 g/mol. The largest absolute Gasteiger partial charge is 0.494 e. The number of nitrogens with one attached hydrogen (secondary N) is 2. The summed E-state index contributed by atoms with van der Waals surface area (Å²) in [7, 11) is 5.66. The Bertz CT molecular complexity index is 1360. The van der Waals surface area contributed by atoms with Crippen LogP contribution in [0.3, 0.4) is 0 Å². The van der Waals surface area contributed by atoms with Crippen molar-refractivity contribution >= 4 is 28.2 Å². The van der Waals surface area contributed by atoms with E-state index in [4.69, 9.17) is 4.99 Å². The lowest BCUT2D eigenvalue weighted by Gasteiger charge is -2.11. The molecule has 0 unspecified atom stereocenters. The average Bonchev–Trinajstić information content (AvgIpc) is 3.16. The van der Waals surface area contributed by atoms with Gasteiger partial charge in [0.2, 0.25) is 5.91 Å². The van der Waals surface area contributed by atoms with Gasteiger partial charge in [0, 0.05) is 31.0 Å². The number of aromatic nitrogens is 1. The van der Waals surface area contributed by atoms with Crippen molar-refractivity contribution in [2.45, 2.75) is 19.4 Å². The number of H-pyrrole nitrogens is 1. The molecule has 3 aromatic carbocycles. The second-order valence-electron chi connectivity index (χ2n) is 8.77. The number of aliphatic imine (C=N–C) groups is 1. The maximum atomic E-state index is 13.8. The Hall–Kier alpha value is -3.97. The lowest BCUT2D eigenvalue weighted by molar-refractivity contribution is -0.120. The van der Waals surface area contributed by atoms with E-state index in [1.54, 1.807) is 13.1 Å². The van der Waals surface area contributed by atoms with Gasteiger partial charge in [0.05, 0.1) is 22.5 Å². The molecule has 3 N–H and O–H groups in total. The zero-order chi connectivity index (χ0) is 24.9. The van der Waals surface area contributed by atoms with Crippen molar-refractivity contribution in [3.63, 3.8) is 0 Å². The van der Waals surface area contributed by atoms with E-state index in [-0.39, 0.29) is 17.6 Å². The molecule has 0 aliphatic rings. The lowest BCUT2D eigenvalue weighted by Crippen LogP contribution is -2.17. The van der Waals surface area contributed by atoms with Crippen LogP contribution in [0.1, 0.15) is 28.7 Å². The Morgan fingerprint density at radius 1 is 1.03 bits per heavy atom. The quantitative estimate of drug-likeness (QED) is 0.318. The third kappa shape index (κ3) is 5.75. The maximum Gasteiger partial charge on any atom is 0.220 e. The molecule has 0 radical (unpaired) electrons. The van der Waals surface area contributed by atoms with E-state index in [0.717, 1.165) is 23.4 Å². The number of benzene rings is 3. The highest BCUT2D eigenvalue weighted by molar-refractivity contribution is 6.21. The zero-order valence-electron chi connectivity index (χ0n) is 20.1. The molecule has 0 aliphatic heterocycles. The number of amides is 1. The summed E-state index contributed by atoms with van der Waals surface area (Å²) < 4.78 is 13.8. The molecule has 0 aliphatic carbocycles. The predicted molar refractivity (Wildman–Crippen MR) is 138 cm³/mol. The summed E-state index contributed by atoms with van der Waals surface area (Å²) in [5, 5.41) is 14.1. The number of carbonyl (C=O) groups excluding carboxylic acids is 1. The summed E-state index contributed by atoms with van der Waals surface area (Å²) >= 11 is 0. The highest BCUT2D eigenvalue weighted by Gasteiger charge is 2.19. The number of aromatic hydroxyl groups is 1. The third-order valence-electron chi connectivity index (χ3n) is 5.80. The van der Waals surface area contributed by atoms with Gasteiger partial charge >= 0.3 is 0 Å². The van der Waals surface area contributed by atoms with Crippen LogP contribution < -0.4 is 5.32 Å². The van der Waals surface area contributed by atoms with Crippen molar-refractivity contribution in [1.29, 1.82) is 0 Å². The summed E-state index contributed by atoms with van der Waals surface area (Å²) in [6.07, 6.45) is 1.03. The van der Waals surface area contributed by atoms with Crippen LogP contribution >= 0.6 is 0 Å². The number of rotatable bonds is 8. The molecule has 0 saturated carbocycles. The number of aryl methyl sites for hydroxylation is 1. The standard InChI is InChI=1S/C28H29FN4O2/c1-30-25(34)15-8-18-4-9-20(10-5-18)27(31-22-12-6-19(7-13-22)17-33(2)3)26-23-14-11-21(29)16-24(23)32-28(26)35/h4-7,9-14,16,32,35H,8,15,17H2,1-3H3,(H,30,34). The van der Waals surface area contributed by atoms with Crippen molar-refractivity contribution in [2.75, 3.05) is 21.1 Å². The normalized spacial score (nSPS) is 11.9. The van der Waals surface area contributed by atoms with Crippen molar-refractivity contribution in [3.05, 3.63) is 94.8 Å². The molecule has 1 amide bonds. The molecule has 0 atom stereocenters. The lowest BCUT2D eigenvalue weighted by atomic mass is 9.98. The third-order valence-corrected chi connectivity index (χ3v) is 5.80. The molecule has 35 heavy (non-hydrogen) atoms. The van der Waals surface area contributed by atoms with Crippen molar-refractivity contribution < 1.29 is 14.3 Å². The van der Waals surface area contributed by atoms with Crippen molar-refractivity contribution in [3.8, 4) is 5.88 Å². The maximum absolute atomic E-state index is 13.8. The van der Waals surface area contributed by atoms with Gasteiger partial charge in [0.25, 0.3) is 0 Å². The second kappa shape index (κ2) is 10.5. The van der Waals surface area contributed by atoms with Gasteiger partial charge in [-0.15, -0.1) is 0 Å². The first-order chi connectivity index (χ1) is 16.8. The number of hydrogen-bond donors (Lipinski definition) is 3. The van der Waals surface area contributed by atoms with Gasteiger partial charge in [-0.3, -0.25) is 4.79 Å². The molecule has 1 heterocycles. The topological polar surface area (TPSA) is 80.7 Å². The molecule has 0 bridgehead atoms. The van der Waals surface area contributed by atoms with Crippen LogP contribution in [0.5, 0.6) is 5.88 Å². The molecule has 0 saturated heterocycles. The Kier molecular flexibility index (Phi) is 7.27. The first kappa shape index (κ1) is 24.2. The van der Waals surface area contributed by atoms with Crippen LogP contribution in [0, 0.1) is 5.82 Å². The van der Waals surface area contributed by atoms with E-state index in [1.165, 1.54) is 17.7 Å². The Balaban J connectivity index is 1.77. The van der Waals surface area contributed by atoms with Crippen LogP contribution in [-0.4, -0.2) is 47.8 Å².